The zero-order valence-corrected chi connectivity index (χ0v) is 10.9. The van der Waals surface area contributed by atoms with Crippen LogP contribution in [0.2, 0.25) is 0 Å². The number of nitrogens with one attached hydrogen (secondary N) is 1. The molecule has 0 amide bonds. The van der Waals surface area contributed by atoms with Crippen LogP contribution in [0.15, 0.2) is 30.3 Å². The number of hydrogen-bond acceptors (Lipinski definition) is 4. The number of anilines is 1. The number of rotatable bonds is 4. The van der Waals surface area contributed by atoms with Crippen LogP contribution >= 0.6 is 0 Å². The van der Waals surface area contributed by atoms with Crippen molar-refractivity contribution in [2.24, 2.45) is 0 Å². The molecule has 0 bridgehead atoms. The average Bonchev–Trinajstić information content (AvgIpc) is 2.39. The Kier molecular flexibility index (Phi) is 3.77. The Bertz CT molecular complexity index is 523. The standard InChI is InChI=1S/C14H17N3O/c1-4-11-5-7-12(8-6-11)18-13-9-10(2)16-14(15-3)17-13/h5-9H,4H2,1-3H3,(H,15,16,17). The summed E-state index contributed by atoms with van der Waals surface area (Å²) in [5, 5.41) is 2.91. The Labute approximate surface area is 107 Å². The van der Waals surface area contributed by atoms with Crippen molar-refractivity contribution in [3.8, 4) is 11.6 Å². The molecule has 0 radical (unpaired) electrons. The van der Waals surface area contributed by atoms with E-state index in [1.807, 2.05) is 25.1 Å². The van der Waals surface area contributed by atoms with Gasteiger partial charge in [-0.25, -0.2) is 4.98 Å². The Morgan fingerprint density at radius 1 is 1.17 bits per heavy atom. The van der Waals surface area contributed by atoms with Gasteiger partial charge in [0.1, 0.15) is 5.75 Å². The summed E-state index contributed by atoms with van der Waals surface area (Å²) in [4.78, 5) is 8.46. The van der Waals surface area contributed by atoms with Gasteiger partial charge in [0, 0.05) is 18.8 Å². The molecule has 0 unspecified atom stereocenters. The zero-order valence-electron chi connectivity index (χ0n) is 10.9. The molecular weight excluding hydrogens is 226 g/mol. The first-order valence-corrected chi connectivity index (χ1v) is 6.01. The second-order valence-corrected chi connectivity index (χ2v) is 4.02. The smallest absolute Gasteiger partial charge is 0.225 e. The van der Waals surface area contributed by atoms with Crippen LogP contribution < -0.4 is 10.1 Å². The maximum Gasteiger partial charge on any atom is 0.225 e. The van der Waals surface area contributed by atoms with E-state index in [1.165, 1.54) is 5.56 Å². The van der Waals surface area contributed by atoms with Crippen LogP contribution in [0, 0.1) is 6.92 Å². The van der Waals surface area contributed by atoms with E-state index in [2.05, 4.69) is 34.3 Å². The fourth-order valence-electron chi connectivity index (χ4n) is 1.62. The second kappa shape index (κ2) is 5.49. The highest BCUT2D eigenvalue weighted by molar-refractivity contribution is 5.34. The molecule has 2 aromatic rings. The first kappa shape index (κ1) is 12.4. The van der Waals surface area contributed by atoms with Crippen LogP contribution in [-0.2, 0) is 6.42 Å². The molecule has 1 heterocycles. The number of ether oxygens (including phenoxy) is 1. The Morgan fingerprint density at radius 2 is 1.89 bits per heavy atom. The van der Waals surface area contributed by atoms with Gasteiger partial charge in [-0.1, -0.05) is 19.1 Å². The third-order valence-corrected chi connectivity index (χ3v) is 2.61. The van der Waals surface area contributed by atoms with E-state index in [0.717, 1.165) is 17.9 Å². The van der Waals surface area contributed by atoms with E-state index in [4.69, 9.17) is 4.74 Å². The van der Waals surface area contributed by atoms with Crippen molar-refractivity contribution in [1.82, 2.24) is 9.97 Å². The summed E-state index contributed by atoms with van der Waals surface area (Å²) >= 11 is 0. The second-order valence-electron chi connectivity index (χ2n) is 4.02. The molecule has 0 fully saturated rings. The lowest BCUT2D eigenvalue weighted by Crippen LogP contribution is -1.99. The Morgan fingerprint density at radius 3 is 2.50 bits per heavy atom. The van der Waals surface area contributed by atoms with Crippen molar-refractivity contribution < 1.29 is 4.74 Å². The van der Waals surface area contributed by atoms with Gasteiger partial charge in [-0.2, -0.15) is 4.98 Å². The molecule has 1 aromatic heterocycles. The van der Waals surface area contributed by atoms with Crippen LogP contribution in [0.4, 0.5) is 5.95 Å². The van der Waals surface area contributed by atoms with E-state index in [1.54, 1.807) is 7.05 Å². The molecule has 0 spiro atoms. The summed E-state index contributed by atoms with van der Waals surface area (Å²) in [7, 11) is 1.79. The first-order chi connectivity index (χ1) is 8.71. The Hall–Kier alpha value is -2.10. The molecule has 94 valence electrons. The quantitative estimate of drug-likeness (QED) is 0.895. The van der Waals surface area contributed by atoms with Crippen molar-refractivity contribution in [3.63, 3.8) is 0 Å². The largest absolute Gasteiger partial charge is 0.439 e. The number of aryl methyl sites for hydroxylation is 2. The highest BCUT2D eigenvalue weighted by Crippen LogP contribution is 2.21. The molecule has 0 saturated heterocycles. The molecule has 4 nitrogen and oxygen atoms in total. The summed E-state index contributed by atoms with van der Waals surface area (Å²) in [6.45, 7) is 4.04. The summed E-state index contributed by atoms with van der Waals surface area (Å²) < 4.78 is 5.71. The molecule has 4 heteroatoms. The van der Waals surface area contributed by atoms with E-state index < -0.39 is 0 Å². The maximum atomic E-state index is 5.71. The fraction of sp³-hybridized carbons (Fsp3) is 0.286. The maximum absolute atomic E-state index is 5.71. The molecular formula is C14H17N3O. The van der Waals surface area contributed by atoms with E-state index in [0.29, 0.717) is 11.8 Å². The van der Waals surface area contributed by atoms with Gasteiger partial charge in [0.25, 0.3) is 0 Å². The van der Waals surface area contributed by atoms with Gasteiger partial charge in [0.15, 0.2) is 0 Å². The molecule has 0 saturated carbocycles. The lowest BCUT2D eigenvalue weighted by molar-refractivity contribution is 0.461. The topological polar surface area (TPSA) is 47.0 Å². The zero-order chi connectivity index (χ0) is 13.0. The molecule has 0 aliphatic heterocycles. The van der Waals surface area contributed by atoms with Gasteiger partial charge in [-0.15, -0.1) is 0 Å². The predicted octanol–water partition coefficient (Wildman–Crippen LogP) is 3.18. The average molecular weight is 243 g/mol. The number of benzene rings is 1. The number of hydrogen-bond donors (Lipinski definition) is 1. The summed E-state index contributed by atoms with van der Waals surface area (Å²) in [5.74, 6) is 1.90. The third-order valence-electron chi connectivity index (χ3n) is 2.61. The van der Waals surface area contributed by atoms with Gasteiger partial charge < -0.3 is 10.1 Å². The highest BCUT2D eigenvalue weighted by atomic mass is 16.5. The molecule has 0 aliphatic carbocycles. The molecule has 2 rings (SSSR count). The lowest BCUT2D eigenvalue weighted by Gasteiger charge is -2.07. The molecule has 0 atom stereocenters. The Balaban J connectivity index is 2.19. The molecule has 1 N–H and O–H groups in total. The van der Waals surface area contributed by atoms with E-state index in [-0.39, 0.29) is 0 Å². The van der Waals surface area contributed by atoms with Gasteiger partial charge in [-0.05, 0) is 31.0 Å². The van der Waals surface area contributed by atoms with Crippen LogP contribution in [0.3, 0.4) is 0 Å². The van der Waals surface area contributed by atoms with Gasteiger partial charge in [-0.3, -0.25) is 0 Å². The van der Waals surface area contributed by atoms with Gasteiger partial charge >= 0.3 is 0 Å². The number of nitrogens with zero attached hydrogens (tertiary/aromatic N) is 2. The summed E-state index contributed by atoms with van der Waals surface area (Å²) in [6, 6.07) is 9.84. The molecule has 1 aromatic carbocycles. The third kappa shape index (κ3) is 2.97. The van der Waals surface area contributed by atoms with Crippen molar-refractivity contribution >= 4 is 5.95 Å². The summed E-state index contributed by atoms with van der Waals surface area (Å²) in [5.41, 5.74) is 2.16. The van der Waals surface area contributed by atoms with E-state index >= 15 is 0 Å². The van der Waals surface area contributed by atoms with Crippen LogP contribution in [0.25, 0.3) is 0 Å². The minimum Gasteiger partial charge on any atom is -0.439 e. The lowest BCUT2D eigenvalue weighted by atomic mass is 10.2. The van der Waals surface area contributed by atoms with Crippen LogP contribution in [0.1, 0.15) is 18.2 Å². The van der Waals surface area contributed by atoms with Gasteiger partial charge in [0.05, 0.1) is 0 Å². The SMILES string of the molecule is CCc1ccc(Oc2cc(C)nc(NC)n2)cc1. The van der Waals surface area contributed by atoms with E-state index in [9.17, 15) is 0 Å². The molecule has 0 aliphatic rings. The van der Waals surface area contributed by atoms with Crippen molar-refractivity contribution in [1.29, 1.82) is 0 Å². The minimum atomic E-state index is 0.552. The van der Waals surface area contributed by atoms with Crippen molar-refractivity contribution in [2.75, 3.05) is 12.4 Å². The molecule has 18 heavy (non-hydrogen) atoms. The van der Waals surface area contributed by atoms with Crippen molar-refractivity contribution in [3.05, 3.63) is 41.6 Å². The first-order valence-electron chi connectivity index (χ1n) is 6.01. The number of aromatic nitrogens is 2. The normalized spacial score (nSPS) is 10.2. The van der Waals surface area contributed by atoms with Crippen molar-refractivity contribution in [2.45, 2.75) is 20.3 Å². The monoisotopic (exact) mass is 243 g/mol. The summed E-state index contributed by atoms with van der Waals surface area (Å²) in [6.07, 6.45) is 1.02. The van der Waals surface area contributed by atoms with Crippen LogP contribution in [-0.4, -0.2) is 17.0 Å². The van der Waals surface area contributed by atoms with Crippen LogP contribution in [0.5, 0.6) is 11.6 Å². The van der Waals surface area contributed by atoms with Gasteiger partial charge in [0.2, 0.25) is 11.8 Å². The highest BCUT2D eigenvalue weighted by Gasteiger charge is 2.03. The minimum absolute atomic E-state index is 0.552. The predicted molar refractivity (Wildman–Crippen MR) is 72.2 cm³/mol. The fourth-order valence-corrected chi connectivity index (χ4v) is 1.62.